The number of carbonyl (C=O) groups is 2. The zero-order chi connectivity index (χ0) is 19.9. The fourth-order valence-corrected chi connectivity index (χ4v) is 6.85. The molecule has 0 radical (unpaired) electrons. The molecule has 4 rings (SSSR count). The fraction of sp³-hybridized carbons (Fsp3) is 0.333. The van der Waals surface area contributed by atoms with E-state index < -0.39 is 30.6 Å². The molecule has 0 bridgehead atoms. The lowest BCUT2D eigenvalue weighted by Crippen LogP contribution is -2.36. The van der Waals surface area contributed by atoms with Crippen LogP contribution >= 0.6 is 7.60 Å². The van der Waals surface area contributed by atoms with Gasteiger partial charge in [-0.2, -0.15) is 0 Å². The number of hydrogen-bond donors (Lipinski definition) is 0. The van der Waals surface area contributed by atoms with Crippen LogP contribution in [0.15, 0.2) is 54.6 Å². The Morgan fingerprint density at radius 1 is 1.04 bits per heavy atom. The van der Waals surface area contributed by atoms with E-state index in [0.717, 1.165) is 0 Å². The van der Waals surface area contributed by atoms with E-state index in [0.29, 0.717) is 16.9 Å². The summed E-state index contributed by atoms with van der Waals surface area (Å²) in [5, 5.41) is -1.65. The van der Waals surface area contributed by atoms with E-state index >= 15 is 0 Å². The maximum absolute atomic E-state index is 13.8. The fourth-order valence-electron chi connectivity index (χ4n) is 4.23. The molecule has 1 saturated carbocycles. The third-order valence-corrected chi connectivity index (χ3v) is 8.19. The average Bonchev–Trinajstić information content (AvgIpc) is 3.42. The van der Waals surface area contributed by atoms with Crippen molar-refractivity contribution in [3.05, 3.63) is 65.7 Å². The lowest BCUT2D eigenvalue weighted by Gasteiger charge is -2.29. The minimum atomic E-state index is -3.97. The number of para-hydroxylation sites is 1. The van der Waals surface area contributed by atoms with Crippen LogP contribution in [0.2, 0.25) is 0 Å². The van der Waals surface area contributed by atoms with Gasteiger partial charge in [-0.15, -0.1) is 0 Å². The molecule has 0 amide bonds. The van der Waals surface area contributed by atoms with Crippen molar-refractivity contribution >= 4 is 19.3 Å². The van der Waals surface area contributed by atoms with E-state index in [4.69, 9.17) is 13.8 Å². The van der Waals surface area contributed by atoms with Crippen molar-refractivity contribution < 1.29 is 27.9 Å². The highest BCUT2D eigenvalue weighted by Gasteiger charge is 2.85. The van der Waals surface area contributed by atoms with Crippen LogP contribution in [0.3, 0.4) is 0 Å². The molecule has 1 fully saturated rings. The van der Waals surface area contributed by atoms with Gasteiger partial charge in [0.1, 0.15) is 5.75 Å². The Morgan fingerprint density at radius 2 is 1.64 bits per heavy atom. The lowest BCUT2D eigenvalue weighted by atomic mass is 10.0. The Morgan fingerprint density at radius 3 is 2.29 bits per heavy atom. The largest absolute Gasteiger partial charge is 0.425 e. The lowest BCUT2D eigenvalue weighted by molar-refractivity contribution is -0.136. The highest BCUT2D eigenvalue weighted by molar-refractivity contribution is 7.57. The summed E-state index contributed by atoms with van der Waals surface area (Å²) >= 11 is 0. The van der Waals surface area contributed by atoms with Crippen LogP contribution in [0.4, 0.5) is 0 Å². The minimum absolute atomic E-state index is 0.0902. The molecule has 3 atom stereocenters. The number of ketones is 1. The van der Waals surface area contributed by atoms with Crippen LogP contribution < -0.4 is 4.74 Å². The van der Waals surface area contributed by atoms with Crippen molar-refractivity contribution in [1.82, 2.24) is 0 Å². The van der Waals surface area contributed by atoms with E-state index in [2.05, 4.69) is 0 Å². The summed E-state index contributed by atoms with van der Waals surface area (Å²) in [5.74, 6) is -2.08. The van der Waals surface area contributed by atoms with Gasteiger partial charge in [0.25, 0.3) is 0 Å². The minimum Gasteiger partial charge on any atom is -0.425 e. The molecule has 0 N–H and O–H groups in total. The number of carbonyl (C=O) groups excluding carboxylic acids is 2. The molecular formula is C21H21O6P. The van der Waals surface area contributed by atoms with Crippen molar-refractivity contribution in [2.45, 2.75) is 24.9 Å². The number of esters is 1. The number of fused-ring (bicyclic) bond motifs is 3. The molecule has 0 spiro atoms. The van der Waals surface area contributed by atoms with Crippen LogP contribution in [0.1, 0.15) is 35.7 Å². The Labute approximate surface area is 163 Å². The van der Waals surface area contributed by atoms with E-state index in [1.165, 1.54) is 0 Å². The average molecular weight is 400 g/mol. The second-order valence-corrected chi connectivity index (χ2v) is 9.02. The van der Waals surface area contributed by atoms with E-state index in [-0.39, 0.29) is 19.0 Å². The predicted octanol–water partition coefficient (Wildman–Crippen LogP) is 4.21. The summed E-state index contributed by atoms with van der Waals surface area (Å²) in [6, 6.07) is 15.7. The highest BCUT2D eigenvalue weighted by atomic mass is 31.2. The summed E-state index contributed by atoms with van der Waals surface area (Å²) in [4.78, 5) is 26.5. The SMILES string of the molecule is CCOP(=O)(OCC)[C@]12C(=O)Oc3ccccc3[C@H]1[C@H]2C(=O)c1ccccc1. The zero-order valence-corrected chi connectivity index (χ0v) is 16.6. The Bertz CT molecular complexity index is 962. The van der Waals surface area contributed by atoms with Gasteiger partial charge < -0.3 is 13.8 Å². The monoisotopic (exact) mass is 400 g/mol. The highest BCUT2D eigenvalue weighted by Crippen LogP contribution is 2.82. The summed E-state index contributed by atoms with van der Waals surface area (Å²) in [6.45, 7) is 3.53. The van der Waals surface area contributed by atoms with Gasteiger partial charge in [-0.3, -0.25) is 14.2 Å². The summed E-state index contributed by atoms with van der Waals surface area (Å²) in [5.41, 5.74) is 1.13. The summed E-state index contributed by atoms with van der Waals surface area (Å²) < 4.78 is 30.4. The van der Waals surface area contributed by atoms with Crippen LogP contribution in [-0.2, 0) is 18.4 Å². The van der Waals surface area contributed by atoms with Gasteiger partial charge in [0.15, 0.2) is 10.9 Å². The number of Topliss-reactive ketones (excluding diaryl/α,β-unsaturated/α-hetero) is 1. The van der Waals surface area contributed by atoms with Gasteiger partial charge in [0.05, 0.1) is 19.1 Å². The summed E-state index contributed by atoms with van der Waals surface area (Å²) in [6.07, 6.45) is 0. The van der Waals surface area contributed by atoms with Gasteiger partial charge in [-0.1, -0.05) is 48.5 Å². The molecule has 28 heavy (non-hydrogen) atoms. The van der Waals surface area contributed by atoms with Crippen LogP contribution in [0.5, 0.6) is 5.75 Å². The Hall–Kier alpha value is -2.27. The van der Waals surface area contributed by atoms with Gasteiger partial charge >= 0.3 is 13.6 Å². The molecule has 146 valence electrons. The molecule has 2 aromatic carbocycles. The van der Waals surface area contributed by atoms with E-state index in [1.807, 2.05) is 0 Å². The molecule has 1 aliphatic heterocycles. The third-order valence-electron chi connectivity index (χ3n) is 5.35. The predicted molar refractivity (Wildman–Crippen MR) is 103 cm³/mol. The smallest absolute Gasteiger partial charge is 0.349 e. The number of ether oxygens (including phenoxy) is 1. The molecule has 2 aromatic rings. The zero-order valence-electron chi connectivity index (χ0n) is 15.7. The first-order chi connectivity index (χ1) is 13.5. The standard InChI is InChI=1S/C21H21O6P/c1-3-25-28(24,26-4-2)21-17(15-12-8-9-13-16(15)27-20(21)23)18(21)19(22)14-10-6-5-7-11-14/h5-13,17-18H,3-4H2,1-2H3/t17-,18-,21+/m0/s1. The molecule has 6 nitrogen and oxygen atoms in total. The third kappa shape index (κ3) is 2.52. The van der Waals surface area contributed by atoms with Crippen LogP contribution in [0.25, 0.3) is 0 Å². The summed E-state index contributed by atoms with van der Waals surface area (Å²) in [7, 11) is -3.97. The van der Waals surface area contributed by atoms with E-state index in [9.17, 15) is 14.2 Å². The van der Waals surface area contributed by atoms with Crippen molar-refractivity contribution in [2.24, 2.45) is 5.92 Å². The molecule has 0 saturated heterocycles. The maximum atomic E-state index is 13.8. The van der Waals surface area contributed by atoms with Crippen molar-refractivity contribution in [3.63, 3.8) is 0 Å². The van der Waals surface area contributed by atoms with Gasteiger partial charge in [-0.25, -0.2) is 0 Å². The molecule has 7 heteroatoms. The Kier molecular flexibility index (Phi) is 4.74. The molecule has 0 unspecified atom stereocenters. The van der Waals surface area contributed by atoms with Crippen molar-refractivity contribution in [3.8, 4) is 5.75 Å². The number of hydrogen-bond acceptors (Lipinski definition) is 6. The van der Waals surface area contributed by atoms with Crippen molar-refractivity contribution in [2.75, 3.05) is 13.2 Å². The molecule has 0 aromatic heterocycles. The Balaban J connectivity index is 1.89. The van der Waals surface area contributed by atoms with Crippen LogP contribution in [0, 0.1) is 5.92 Å². The normalized spacial score (nSPS) is 25.4. The number of benzene rings is 2. The van der Waals surface area contributed by atoms with Gasteiger partial charge in [-0.05, 0) is 19.9 Å². The van der Waals surface area contributed by atoms with E-state index in [1.54, 1.807) is 68.4 Å². The first-order valence-corrected chi connectivity index (χ1v) is 10.8. The first-order valence-electron chi connectivity index (χ1n) is 9.31. The maximum Gasteiger partial charge on any atom is 0.349 e. The topological polar surface area (TPSA) is 78.9 Å². The number of rotatable bonds is 7. The molecule has 1 heterocycles. The van der Waals surface area contributed by atoms with Gasteiger partial charge in [0, 0.05) is 17.0 Å². The second kappa shape index (κ2) is 6.96. The first kappa shape index (κ1) is 19.1. The quantitative estimate of drug-likeness (QED) is 0.300. The van der Waals surface area contributed by atoms with Crippen LogP contribution in [-0.4, -0.2) is 30.1 Å². The van der Waals surface area contributed by atoms with Gasteiger partial charge in [0.2, 0.25) is 0 Å². The molecule has 2 aliphatic rings. The second-order valence-electron chi connectivity index (χ2n) is 6.77. The molecular weight excluding hydrogens is 379 g/mol. The molecule has 1 aliphatic carbocycles. The van der Waals surface area contributed by atoms with Crippen molar-refractivity contribution in [1.29, 1.82) is 0 Å².